The van der Waals surface area contributed by atoms with Gasteiger partial charge in [-0.3, -0.25) is 4.72 Å². The molecule has 0 unspecified atom stereocenters. The largest absolute Gasteiger partial charge is 0.299 e. The summed E-state index contributed by atoms with van der Waals surface area (Å²) >= 11 is 5.83. The van der Waals surface area contributed by atoms with Gasteiger partial charge in [0.15, 0.2) is 0 Å². The first-order valence-corrected chi connectivity index (χ1v) is 6.81. The average molecular weight is 274 g/mol. The maximum Gasteiger partial charge on any atom is 0.299 e. The van der Waals surface area contributed by atoms with Crippen LogP contribution >= 0.6 is 11.6 Å². The van der Waals surface area contributed by atoms with Crippen molar-refractivity contribution in [2.45, 2.75) is 13.3 Å². The molecule has 1 aromatic rings. The maximum absolute atomic E-state index is 11.5. The van der Waals surface area contributed by atoms with Crippen LogP contribution in [0.1, 0.15) is 18.9 Å². The summed E-state index contributed by atoms with van der Waals surface area (Å²) in [4.78, 5) is 0. The molecule has 5 nitrogen and oxygen atoms in total. The SMILES string of the molecule is CCCNS(=O)(=O)Nc1cc(C#N)ccc1Cl. The number of anilines is 1. The molecular formula is C10H12ClN3O2S. The number of halogens is 1. The van der Waals surface area contributed by atoms with Gasteiger partial charge in [-0.25, -0.2) is 0 Å². The Balaban J connectivity index is 2.91. The molecule has 1 aromatic carbocycles. The zero-order valence-electron chi connectivity index (χ0n) is 9.20. The van der Waals surface area contributed by atoms with E-state index in [2.05, 4.69) is 9.44 Å². The minimum absolute atomic E-state index is 0.189. The maximum atomic E-state index is 11.5. The van der Waals surface area contributed by atoms with Gasteiger partial charge in [-0.2, -0.15) is 18.4 Å². The molecular weight excluding hydrogens is 262 g/mol. The van der Waals surface area contributed by atoms with Crippen molar-refractivity contribution in [2.24, 2.45) is 0 Å². The summed E-state index contributed by atoms with van der Waals surface area (Å²) in [7, 11) is -3.64. The van der Waals surface area contributed by atoms with Crippen molar-refractivity contribution in [3.05, 3.63) is 28.8 Å². The Bertz CT molecular complexity index is 537. The predicted octanol–water partition coefficient (Wildman–Crippen LogP) is 1.87. The fourth-order valence-electron chi connectivity index (χ4n) is 1.09. The van der Waals surface area contributed by atoms with Crippen LogP contribution in [0, 0.1) is 11.3 Å². The average Bonchev–Trinajstić information content (AvgIpc) is 2.29. The van der Waals surface area contributed by atoms with Gasteiger partial charge in [0.1, 0.15) is 0 Å². The monoisotopic (exact) mass is 273 g/mol. The van der Waals surface area contributed by atoms with Crippen LogP contribution in [0.25, 0.3) is 0 Å². The van der Waals surface area contributed by atoms with Crippen molar-refractivity contribution in [2.75, 3.05) is 11.3 Å². The van der Waals surface area contributed by atoms with E-state index in [-0.39, 0.29) is 10.7 Å². The van der Waals surface area contributed by atoms with E-state index in [4.69, 9.17) is 16.9 Å². The number of rotatable bonds is 5. The fourth-order valence-corrected chi connectivity index (χ4v) is 2.31. The molecule has 0 radical (unpaired) electrons. The van der Waals surface area contributed by atoms with E-state index >= 15 is 0 Å². The molecule has 0 aliphatic carbocycles. The van der Waals surface area contributed by atoms with Gasteiger partial charge >= 0.3 is 0 Å². The zero-order valence-corrected chi connectivity index (χ0v) is 10.8. The topological polar surface area (TPSA) is 82.0 Å². The number of benzene rings is 1. The lowest BCUT2D eigenvalue weighted by atomic mass is 10.2. The molecule has 0 saturated heterocycles. The first kappa shape index (κ1) is 13.8. The molecule has 0 aliphatic heterocycles. The van der Waals surface area contributed by atoms with E-state index < -0.39 is 10.2 Å². The van der Waals surface area contributed by atoms with Crippen molar-refractivity contribution in [3.63, 3.8) is 0 Å². The molecule has 0 heterocycles. The van der Waals surface area contributed by atoms with Gasteiger partial charge < -0.3 is 0 Å². The lowest BCUT2D eigenvalue weighted by Gasteiger charge is -2.10. The summed E-state index contributed by atoms with van der Waals surface area (Å²) in [6.45, 7) is 2.19. The second kappa shape index (κ2) is 5.87. The van der Waals surface area contributed by atoms with Crippen LogP contribution in [0.2, 0.25) is 5.02 Å². The highest BCUT2D eigenvalue weighted by Gasteiger charge is 2.11. The minimum atomic E-state index is -3.64. The molecule has 2 N–H and O–H groups in total. The van der Waals surface area contributed by atoms with Crippen LogP contribution in [0.4, 0.5) is 5.69 Å². The Labute approximate surface area is 106 Å². The van der Waals surface area contributed by atoms with Crippen molar-refractivity contribution in [3.8, 4) is 6.07 Å². The Morgan fingerprint density at radius 3 is 2.76 bits per heavy atom. The number of hydrogen-bond donors (Lipinski definition) is 2. The van der Waals surface area contributed by atoms with E-state index in [1.165, 1.54) is 18.2 Å². The summed E-state index contributed by atoms with van der Waals surface area (Å²) in [5.41, 5.74) is 0.525. The van der Waals surface area contributed by atoms with Gasteiger partial charge in [0.25, 0.3) is 10.2 Å². The molecule has 0 fully saturated rings. The molecule has 17 heavy (non-hydrogen) atoms. The summed E-state index contributed by atoms with van der Waals surface area (Å²) in [5, 5.41) is 8.95. The fraction of sp³-hybridized carbons (Fsp3) is 0.300. The standard InChI is InChI=1S/C10H12ClN3O2S/c1-2-5-13-17(15,16)14-10-6-8(7-12)3-4-9(10)11/h3-4,6,13-14H,2,5H2,1H3. The molecule has 0 aromatic heterocycles. The van der Waals surface area contributed by atoms with Crippen LogP contribution in [-0.2, 0) is 10.2 Å². The molecule has 0 spiro atoms. The Morgan fingerprint density at radius 1 is 1.47 bits per heavy atom. The van der Waals surface area contributed by atoms with Crippen molar-refractivity contribution < 1.29 is 8.42 Å². The minimum Gasteiger partial charge on any atom is -0.270 e. The summed E-state index contributed by atoms with van der Waals surface area (Å²) < 4.78 is 27.7. The molecule has 0 saturated carbocycles. The third-order valence-electron chi connectivity index (χ3n) is 1.88. The van der Waals surface area contributed by atoms with Crippen LogP contribution in [0.3, 0.4) is 0 Å². The van der Waals surface area contributed by atoms with Gasteiger partial charge in [0.2, 0.25) is 0 Å². The second-order valence-corrected chi connectivity index (χ2v) is 5.21. The molecule has 92 valence electrons. The summed E-state index contributed by atoms with van der Waals surface area (Å²) in [5.74, 6) is 0. The van der Waals surface area contributed by atoms with Crippen LogP contribution < -0.4 is 9.44 Å². The van der Waals surface area contributed by atoms with Crippen LogP contribution in [0.15, 0.2) is 18.2 Å². The molecule has 0 aliphatic rings. The highest BCUT2D eigenvalue weighted by Crippen LogP contribution is 2.23. The van der Waals surface area contributed by atoms with Crippen molar-refractivity contribution in [1.29, 1.82) is 5.26 Å². The summed E-state index contributed by atoms with van der Waals surface area (Å²) in [6, 6.07) is 6.28. The third kappa shape index (κ3) is 4.23. The van der Waals surface area contributed by atoms with Gasteiger partial charge in [-0.05, 0) is 24.6 Å². The molecule has 0 amide bonds. The lowest BCUT2D eigenvalue weighted by molar-refractivity contribution is 0.586. The quantitative estimate of drug-likeness (QED) is 0.859. The Morgan fingerprint density at radius 2 is 2.18 bits per heavy atom. The molecule has 7 heteroatoms. The Kier molecular flexibility index (Phi) is 4.75. The normalized spacial score (nSPS) is 10.9. The van der Waals surface area contributed by atoms with Gasteiger partial charge in [0.05, 0.1) is 22.3 Å². The van der Waals surface area contributed by atoms with E-state index in [1.54, 1.807) is 0 Å². The van der Waals surface area contributed by atoms with Crippen LogP contribution in [0.5, 0.6) is 0 Å². The van der Waals surface area contributed by atoms with Gasteiger partial charge in [-0.1, -0.05) is 18.5 Å². The van der Waals surface area contributed by atoms with E-state index in [1.807, 2.05) is 13.0 Å². The summed E-state index contributed by atoms with van der Waals surface area (Å²) in [6.07, 6.45) is 0.687. The van der Waals surface area contributed by atoms with E-state index in [0.717, 1.165) is 0 Å². The van der Waals surface area contributed by atoms with E-state index in [0.29, 0.717) is 18.5 Å². The highest BCUT2D eigenvalue weighted by atomic mass is 35.5. The smallest absolute Gasteiger partial charge is 0.270 e. The second-order valence-electron chi connectivity index (χ2n) is 3.31. The first-order chi connectivity index (χ1) is 7.98. The van der Waals surface area contributed by atoms with Crippen LogP contribution in [-0.4, -0.2) is 15.0 Å². The number of nitriles is 1. The predicted molar refractivity (Wildman–Crippen MR) is 67.0 cm³/mol. The number of nitrogens with zero attached hydrogens (tertiary/aromatic N) is 1. The molecule has 0 bridgehead atoms. The third-order valence-corrected chi connectivity index (χ3v) is 3.28. The molecule has 0 atom stereocenters. The van der Waals surface area contributed by atoms with Gasteiger partial charge in [-0.15, -0.1) is 0 Å². The van der Waals surface area contributed by atoms with E-state index in [9.17, 15) is 8.42 Å². The lowest BCUT2D eigenvalue weighted by Crippen LogP contribution is -2.30. The zero-order chi connectivity index (χ0) is 12.9. The van der Waals surface area contributed by atoms with Gasteiger partial charge in [0, 0.05) is 6.54 Å². The molecule has 1 rings (SSSR count). The first-order valence-electron chi connectivity index (χ1n) is 4.95. The number of hydrogen-bond acceptors (Lipinski definition) is 3. The highest BCUT2D eigenvalue weighted by molar-refractivity contribution is 7.90. The number of nitrogens with one attached hydrogen (secondary N) is 2. The van der Waals surface area contributed by atoms with Crippen molar-refractivity contribution in [1.82, 2.24) is 4.72 Å². The Hall–Kier alpha value is -1.29. The van der Waals surface area contributed by atoms with Crippen molar-refractivity contribution >= 4 is 27.5 Å².